The molecule has 0 saturated carbocycles. The molecule has 1 rings (SSSR count). The number of rotatable bonds is 8. The van der Waals surface area contributed by atoms with E-state index in [4.69, 9.17) is 0 Å². The SMILES string of the molecule is CCCC(CC1N(C)CC1(C)C)CC(C)(C)N(C)S(C)(=O)=O. The van der Waals surface area contributed by atoms with Crippen molar-refractivity contribution in [1.29, 1.82) is 0 Å². The van der Waals surface area contributed by atoms with Crippen LogP contribution in [0.4, 0.5) is 0 Å². The van der Waals surface area contributed by atoms with Gasteiger partial charge in [-0.1, -0.05) is 33.6 Å². The van der Waals surface area contributed by atoms with Crippen LogP contribution in [0.3, 0.4) is 0 Å². The number of sulfonamides is 1. The van der Waals surface area contributed by atoms with E-state index in [9.17, 15) is 8.42 Å². The molecule has 1 aliphatic rings. The molecule has 1 saturated heterocycles. The first-order chi connectivity index (χ1) is 9.81. The topological polar surface area (TPSA) is 40.6 Å². The smallest absolute Gasteiger partial charge is 0.211 e. The van der Waals surface area contributed by atoms with E-state index in [1.165, 1.54) is 23.4 Å². The number of hydrogen-bond donors (Lipinski definition) is 0. The van der Waals surface area contributed by atoms with Crippen molar-refractivity contribution in [1.82, 2.24) is 9.21 Å². The molecule has 0 amide bonds. The fourth-order valence-electron chi connectivity index (χ4n) is 4.15. The third-order valence-electron chi connectivity index (χ3n) is 5.48. The molecule has 1 heterocycles. The van der Waals surface area contributed by atoms with Crippen molar-refractivity contribution in [3.8, 4) is 0 Å². The van der Waals surface area contributed by atoms with Gasteiger partial charge in [0.25, 0.3) is 0 Å². The van der Waals surface area contributed by atoms with Crippen LogP contribution in [0, 0.1) is 11.3 Å². The van der Waals surface area contributed by atoms with Crippen LogP contribution >= 0.6 is 0 Å². The molecule has 0 aromatic rings. The zero-order chi connectivity index (χ0) is 17.3. The highest BCUT2D eigenvalue weighted by molar-refractivity contribution is 7.88. The van der Waals surface area contributed by atoms with E-state index in [-0.39, 0.29) is 5.54 Å². The van der Waals surface area contributed by atoms with E-state index < -0.39 is 10.0 Å². The van der Waals surface area contributed by atoms with Crippen molar-refractivity contribution in [2.24, 2.45) is 11.3 Å². The Kier molecular flexibility index (Phi) is 6.13. The van der Waals surface area contributed by atoms with Crippen molar-refractivity contribution in [3.05, 3.63) is 0 Å². The zero-order valence-electron chi connectivity index (χ0n) is 15.8. The minimum Gasteiger partial charge on any atom is -0.302 e. The quantitative estimate of drug-likeness (QED) is 0.685. The lowest BCUT2D eigenvalue weighted by Gasteiger charge is -2.54. The normalized spacial score (nSPS) is 24.3. The molecule has 0 aromatic carbocycles. The van der Waals surface area contributed by atoms with E-state index >= 15 is 0 Å². The van der Waals surface area contributed by atoms with E-state index in [1.54, 1.807) is 7.05 Å². The second-order valence-corrected chi connectivity index (χ2v) is 10.6. The lowest BCUT2D eigenvalue weighted by molar-refractivity contribution is -0.0456. The van der Waals surface area contributed by atoms with Crippen LogP contribution in [0.15, 0.2) is 0 Å². The molecule has 0 radical (unpaired) electrons. The van der Waals surface area contributed by atoms with E-state index in [0.29, 0.717) is 17.4 Å². The summed E-state index contributed by atoms with van der Waals surface area (Å²) in [7, 11) is 0.755. The molecule has 2 atom stereocenters. The van der Waals surface area contributed by atoms with Crippen molar-refractivity contribution >= 4 is 10.0 Å². The predicted molar refractivity (Wildman–Crippen MR) is 94.5 cm³/mol. The van der Waals surface area contributed by atoms with Gasteiger partial charge in [0, 0.05) is 25.2 Å². The van der Waals surface area contributed by atoms with Gasteiger partial charge in [0.05, 0.1) is 6.26 Å². The Labute approximate surface area is 138 Å². The van der Waals surface area contributed by atoms with E-state index in [2.05, 4.69) is 32.7 Å². The summed E-state index contributed by atoms with van der Waals surface area (Å²) in [5.41, 5.74) is 0.0491. The Bertz CT molecular complexity index is 471. The fourth-order valence-corrected chi connectivity index (χ4v) is 5.12. The largest absolute Gasteiger partial charge is 0.302 e. The molecule has 22 heavy (non-hydrogen) atoms. The molecule has 0 spiro atoms. The number of likely N-dealkylation sites (tertiary alicyclic amines) is 1. The summed E-state index contributed by atoms with van der Waals surface area (Å²) >= 11 is 0. The van der Waals surface area contributed by atoms with Gasteiger partial charge in [-0.15, -0.1) is 0 Å². The molecule has 0 bridgehead atoms. The zero-order valence-corrected chi connectivity index (χ0v) is 16.6. The summed E-state index contributed by atoms with van der Waals surface area (Å²) in [5.74, 6) is 0.566. The second-order valence-electron chi connectivity index (χ2n) is 8.56. The Morgan fingerprint density at radius 3 is 2.27 bits per heavy atom. The number of nitrogens with zero attached hydrogens (tertiary/aromatic N) is 2. The molecule has 1 fully saturated rings. The molecule has 0 aliphatic carbocycles. The maximum atomic E-state index is 11.9. The summed E-state index contributed by atoms with van der Waals surface area (Å²) in [6, 6.07) is 0.614. The van der Waals surface area contributed by atoms with Crippen LogP contribution in [0.5, 0.6) is 0 Å². The van der Waals surface area contributed by atoms with Gasteiger partial charge in [0.2, 0.25) is 10.0 Å². The van der Waals surface area contributed by atoms with Gasteiger partial charge in [-0.25, -0.2) is 8.42 Å². The maximum Gasteiger partial charge on any atom is 0.211 e. The molecular weight excluding hydrogens is 296 g/mol. The lowest BCUT2D eigenvalue weighted by Crippen LogP contribution is -2.60. The Balaban J connectivity index is 2.79. The van der Waals surface area contributed by atoms with Crippen LogP contribution < -0.4 is 0 Å². The Morgan fingerprint density at radius 2 is 1.91 bits per heavy atom. The van der Waals surface area contributed by atoms with Gasteiger partial charge in [0.15, 0.2) is 0 Å². The van der Waals surface area contributed by atoms with Crippen LogP contribution in [0.1, 0.15) is 60.3 Å². The first kappa shape index (κ1) is 19.9. The van der Waals surface area contributed by atoms with Gasteiger partial charge in [-0.05, 0) is 45.1 Å². The summed E-state index contributed by atoms with van der Waals surface area (Å²) in [6.45, 7) is 12.2. The molecular formula is C17H36N2O2S. The molecule has 1 aliphatic heterocycles. The monoisotopic (exact) mass is 332 g/mol. The molecule has 2 unspecified atom stereocenters. The first-order valence-electron chi connectivity index (χ1n) is 8.45. The minimum atomic E-state index is -3.15. The summed E-state index contributed by atoms with van der Waals surface area (Å²) < 4.78 is 25.3. The third kappa shape index (κ3) is 4.68. The maximum absolute atomic E-state index is 11.9. The summed E-state index contributed by atoms with van der Waals surface area (Å²) in [6.07, 6.45) is 5.71. The number of hydrogen-bond acceptors (Lipinski definition) is 3. The summed E-state index contributed by atoms with van der Waals surface area (Å²) in [5, 5.41) is 0. The van der Waals surface area contributed by atoms with Crippen LogP contribution in [0.2, 0.25) is 0 Å². The van der Waals surface area contributed by atoms with Gasteiger partial charge in [0.1, 0.15) is 0 Å². The highest BCUT2D eigenvalue weighted by Gasteiger charge is 2.44. The molecule has 0 N–H and O–H groups in total. The van der Waals surface area contributed by atoms with Crippen molar-refractivity contribution < 1.29 is 8.42 Å². The predicted octanol–water partition coefficient (Wildman–Crippen LogP) is 3.19. The Hall–Kier alpha value is -0.130. The van der Waals surface area contributed by atoms with Crippen LogP contribution in [-0.4, -0.2) is 56.1 Å². The average molecular weight is 333 g/mol. The second kappa shape index (κ2) is 6.78. The standard InChI is InChI=1S/C17H36N2O2S/c1-9-10-14(11-15-16(2,3)13-18(15)6)12-17(4,5)19(7)22(8,20)21/h14-15H,9-13H2,1-8H3. The van der Waals surface area contributed by atoms with E-state index in [0.717, 1.165) is 19.4 Å². The minimum absolute atomic E-state index is 0.333. The molecule has 5 heteroatoms. The van der Waals surface area contributed by atoms with Gasteiger partial charge in [-0.2, -0.15) is 4.31 Å². The summed E-state index contributed by atoms with van der Waals surface area (Å²) in [4.78, 5) is 2.44. The average Bonchev–Trinajstić information content (AvgIpc) is 2.33. The van der Waals surface area contributed by atoms with Crippen LogP contribution in [-0.2, 0) is 10.0 Å². The first-order valence-corrected chi connectivity index (χ1v) is 10.3. The molecule has 4 nitrogen and oxygen atoms in total. The van der Waals surface area contributed by atoms with Gasteiger partial charge < -0.3 is 4.90 Å². The fraction of sp³-hybridized carbons (Fsp3) is 1.00. The van der Waals surface area contributed by atoms with Gasteiger partial charge in [-0.3, -0.25) is 0 Å². The van der Waals surface area contributed by atoms with E-state index in [1.807, 2.05) is 13.8 Å². The third-order valence-corrected chi connectivity index (χ3v) is 6.97. The Morgan fingerprint density at radius 1 is 1.36 bits per heavy atom. The van der Waals surface area contributed by atoms with Crippen molar-refractivity contribution in [2.45, 2.75) is 71.9 Å². The van der Waals surface area contributed by atoms with Crippen LogP contribution in [0.25, 0.3) is 0 Å². The van der Waals surface area contributed by atoms with Crippen molar-refractivity contribution in [2.75, 3.05) is 26.9 Å². The lowest BCUT2D eigenvalue weighted by atomic mass is 9.70. The highest BCUT2D eigenvalue weighted by Crippen LogP contribution is 2.41. The highest BCUT2D eigenvalue weighted by atomic mass is 32.2. The molecule has 0 aromatic heterocycles. The molecule has 132 valence electrons. The van der Waals surface area contributed by atoms with Gasteiger partial charge >= 0.3 is 0 Å². The van der Waals surface area contributed by atoms with Crippen molar-refractivity contribution in [3.63, 3.8) is 0 Å².